The lowest BCUT2D eigenvalue weighted by Gasteiger charge is -2.33. The van der Waals surface area contributed by atoms with Gasteiger partial charge in [-0.3, -0.25) is 9.59 Å². The Kier molecular flexibility index (Phi) is 5.40. The van der Waals surface area contributed by atoms with Crippen molar-refractivity contribution in [3.05, 3.63) is 52.1 Å². The normalized spacial score (nSPS) is 14.3. The zero-order chi connectivity index (χ0) is 17.8. The van der Waals surface area contributed by atoms with Crippen LogP contribution >= 0.6 is 23.2 Å². The van der Waals surface area contributed by atoms with E-state index in [4.69, 9.17) is 23.2 Å². The average Bonchev–Trinajstić information content (AvgIpc) is 2.64. The van der Waals surface area contributed by atoms with Crippen molar-refractivity contribution in [2.24, 2.45) is 0 Å². The third kappa shape index (κ3) is 4.21. The Balaban J connectivity index is 1.63. The molecule has 1 aromatic heterocycles. The summed E-state index contributed by atoms with van der Waals surface area (Å²) in [6, 6.07) is 8.34. The minimum Gasteiger partial charge on any atom is -0.367 e. The molecule has 2 amide bonds. The maximum absolute atomic E-state index is 12.2. The number of halogens is 2. The van der Waals surface area contributed by atoms with Crippen molar-refractivity contribution >= 4 is 47.0 Å². The Morgan fingerprint density at radius 2 is 1.84 bits per heavy atom. The van der Waals surface area contributed by atoms with E-state index in [2.05, 4.69) is 15.2 Å². The first kappa shape index (κ1) is 17.5. The number of aromatic nitrogens is 1. The van der Waals surface area contributed by atoms with E-state index in [9.17, 15) is 9.59 Å². The second kappa shape index (κ2) is 7.72. The van der Waals surface area contributed by atoms with Gasteiger partial charge in [0.15, 0.2) is 0 Å². The summed E-state index contributed by atoms with van der Waals surface area (Å²) in [5, 5.41) is 3.45. The Bertz CT molecular complexity index is 775. The number of carbonyl (C=O) groups excluding carboxylic acids is 2. The zero-order valence-corrected chi connectivity index (χ0v) is 14.8. The Morgan fingerprint density at radius 3 is 2.44 bits per heavy atom. The molecule has 0 saturated carbocycles. The van der Waals surface area contributed by atoms with Gasteiger partial charge in [-0.05, 0) is 30.3 Å². The van der Waals surface area contributed by atoms with Crippen molar-refractivity contribution < 1.29 is 9.59 Å². The van der Waals surface area contributed by atoms with Crippen LogP contribution in [0.3, 0.4) is 0 Å². The summed E-state index contributed by atoms with van der Waals surface area (Å²) < 4.78 is 0. The van der Waals surface area contributed by atoms with Gasteiger partial charge in [0.2, 0.25) is 6.41 Å². The lowest BCUT2D eigenvalue weighted by molar-refractivity contribution is -0.118. The van der Waals surface area contributed by atoms with E-state index in [1.165, 1.54) is 6.07 Å². The lowest BCUT2D eigenvalue weighted by Crippen LogP contribution is -2.45. The molecule has 0 spiro atoms. The quantitative estimate of drug-likeness (QED) is 0.830. The molecule has 2 heterocycles. The summed E-state index contributed by atoms with van der Waals surface area (Å²) in [6.07, 6.45) is 2.58. The minimum atomic E-state index is -0.307. The summed E-state index contributed by atoms with van der Waals surface area (Å²) in [5.74, 6) is 0.143. The number of hydrogen-bond donors (Lipinski definition) is 1. The molecule has 6 nitrogen and oxygen atoms in total. The van der Waals surface area contributed by atoms with Gasteiger partial charge in [0.25, 0.3) is 5.91 Å². The summed E-state index contributed by atoms with van der Waals surface area (Å²) >= 11 is 11.8. The molecule has 130 valence electrons. The molecule has 0 aliphatic carbocycles. The number of amides is 2. The Morgan fingerprint density at radius 1 is 1.08 bits per heavy atom. The highest BCUT2D eigenvalue weighted by molar-refractivity contribution is 6.42. The first-order valence-electron chi connectivity index (χ1n) is 7.73. The second-order valence-electron chi connectivity index (χ2n) is 5.61. The fraction of sp³-hybridized carbons (Fsp3) is 0.235. The number of nitrogens with zero attached hydrogens (tertiary/aromatic N) is 3. The summed E-state index contributed by atoms with van der Waals surface area (Å²) in [4.78, 5) is 31.2. The van der Waals surface area contributed by atoms with Crippen molar-refractivity contribution in [3.63, 3.8) is 0 Å². The van der Waals surface area contributed by atoms with E-state index in [0.717, 1.165) is 25.2 Å². The van der Waals surface area contributed by atoms with Gasteiger partial charge in [0, 0.05) is 31.7 Å². The van der Waals surface area contributed by atoms with Crippen LogP contribution in [-0.4, -0.2) is 48.4 Å². The first-order chi connectivity index (χ1) is 12.1. The predicted molar refractivity (Wildman–Crippen MR) is 98.5 cm³/mol. The van der Waals surface area contributed by atoms with Crippen LogP contribution in [0, 0.1) is 0 Å². The molecule has 8 heteroatoms. The second-order valence-corrected chi connectivity index (χ2v) is 6.43. The predicted octanol–water partition coefficient (Wildman–Crippen LogP) is 2.92. The molecule has 25 heavy (non-hydrogen) atoms. The monoisotopic (exact) mass is 378 g/mol. The van der Waals surface area contributed by atoms with Gasteiger partial charge in [-0.2, -0.15) is 0 Å². The maximum Gasteiger partial charge on any atom is 0.256 e. The van der Waals surface area contributed by atoms with Crippen LogP contribution in [0.25, 0.3) is 0 Å². The highest BCUT2D eigenvalue weighted by atomic mass is 35.5. The zero-order valence-electron chi connectivity index (χ0n) is 13.3. The number of anilines is 2. The van der Waals surface area contributed by atoms with Gasteiger partial charge in [0.1, 0.15) is 5.82 Å². The fourth-order valence-electron chi connectivity index (χ4n) is 2.56. The Labute approximate surface area is 155 Å². The molecule has 0 unspecified atom stereocenters. The van der Waals surface area contributed by atoms with Crippen LogP contribution in [0.5, 0.6) is 0 Å². The SMILES string of the molecule is O=CN1CCN(c2ccc(NC(=O)c3ccc(Cl)c(Cl)c3)nc2)CC1. The molecule has 0 radical (unpaired) electrons. The Hall–Kier alpha value is -2.31. The number of pyridine rings is 1. The summed E-state index contributed by atoms with van der Waals surface area (Å²) in [5.41, 5.74) is 1.36. The molecule has 1 aliphatic rings. The average molecular weight is 379 g/mol. The molecular formula is C17H16Cl2N4O2. The highest BCUT2D eigenvalue weighted by Gasteiger charge is 2.16. The van der Waals surface area contributed by atoms with Crippen LogP contribution in [0.4, 0.5) is 11.5 Å². The highest BCUT2D eigenvalue weighted by Crippen LogP contribution is 2.23. The number of nitrogens with one attached hydrogen (secondary N) is 1. The lowest BCUT2D eigenvalue weighted by atomic mass is 10.2. The van der Waals surface area contributed by atoms with Crippen molar-refractivity contribution in [1.29, 1.82) is 0 Å². The number of hydrogen-bond acceptors (Lipinski definition) is 4. The van der Waals surface area contributed by atoms with Gasteiger partial charge in [-0.1, -0.05) is 23.2 Å². The minimum absolute atomic E-state index is 0.307. The van der Waals surface area contributed by atoms with E-state index in [1.807, 2.05) is 6.07 Å². The molecule has 1 fully saturated rings. The largest absolute Gasteiger partial charge is 0.367 e. The summed E-state index contributed by atoms with van der Waals surface area (Å²) in [6.45, 7) is 2.91. The van der Waals surface area contributed by atoms with E-state index in [-0.39, 0.29) is 5.91 Å². The fourth-order valence-corrected chi connectivity index (χ4v) is 2.86. The molecule has 2 aromatic rings. The van der Waals surface area contributed by atoms with Gasteiger partial charge in [-0.25, -0.2) is 4.98 Å². The third-order valence-corrected chi connectivity index (χ3v) is 4.74. The van der Waals surface area contributed by atoms with Crippen molar-refractivity contribution in [2.45, 2.75) is 0 Å². The van der Waals surface area contributed by atoms with Crippen LogP contribution in [0.2, 0.25) is 10.0 Å². The van der Waals surface area contributed by atoms with E-state index in [1.54, 1.807) is 29.3 Å². The van der Waals surface area contributed by atoms with E-state index >= 15 is 0 Å². The van der Waals surface area contributed by atoms with Crippen LogP contribution < -0.4 is 10.2 Å². The van der Waals surface area contributed by atoms with Gasteiger partial charge in [0.05, 0.1) is 21.9 Å². The molecule has 1 N–H and O–H groups in total. The van der Waals surface area contributed by atoms with E-state index in [0.29, 0.717) is 34.5 Å². The number of piperazine rings is 1. The standard InChI is InChI=1S/C17H16Cl2N4O2/c18-14-3-1-12(9-15(14)19)17(25)21-16-4-2-13(10-20-16)23-7-5-22(11-24)6-8-23/h1-4,9-11H,5-8H2,(H,20,21,25). The van der Waals surface area contributed by atoms with Crippen molar-refractivity contribution in [2.75, 3.05) is 36.4 Å². The number of rotatable bonds is 4. The molecule has 1 saturated heterocycles. The van der Waals surface area contributed by atoms with E-state index < -0.39 is 0 Å². The van der Waals surface area contributed by atoms with Crippen LogP contribution in [-0.2, 0) is 4.79 Å². The maximum atomic E-state index is 12.2. The van der Waals surface area contributed by atoms with Gasteiger partial charge >= 0.3 is 0 Å². The van der Waals surface area contributed by atoms with Gasteiger partial charge < -0.3 is 15.1 Å². The third-order valence-electron chi connectivity index (χ3n) is 4.00. The smallest absolute Gasteiger partial charge is 0.256 e. The first-order valence-corrected chi connectivity index (χ1v) is 8.49. The summed E-state index contributed by atoms with van der Waals surface area (Å²) in [7, 11) is 0. The molecule has 0 atom stereocenters. The molecule has 0 bridgehead atoms. The molecule has 3 rings (SSSR count). The molecule has 1 aliphatic heterocycles. The van der Waals surface area contributed by atoms with Crippen molar-refractivity contribution in [1.82, 2.24) is 9.88 Å². The molecule has 1 aromatic carbocycles. The van der Waals surface area contributed by atoms with Crippen LogP contribution in [0.1, 0.15) is 10.4 Å². The number of benzene rings is 1. The number of carbonyl (C=O) groups is 2. The van der Waals surface area contributed by atoms with Gasteiger partial charge in [-0.15, -0.1) is 0 Å². The van der Waals surface area contributed by atoms with Crippen LogP contribution in [0.15, 0.2) is 36.5 Å². The molecular weight excluding hydrogens is 363 g/mol. The van der Waals surface area contributed by atoms with Crippen molar-refractivity contribution in [3.8, 4) is 0 Å². The topological polar surface area (TPSA) is 65.5 Å².